The van der Waals surface area contributed by atoms with E-state index in [0.29, 0.717) is 23.9 Å². The minimum Gasteiger partial charge on any atom is -0.756 e. The number of hydrogen-bond donors (Lipinski definition) is 1. The molecule has 0 saturated carbocycles. The van der Waals surface area contributed by atoms with Crippen molar-refractivity contribution in [2.75, 3.05) is 40.9 Å². The highest BCUT2D eigenvalue weighted by Gasteiger charge is 2.27. The molecule has 1 N–H and O–H groups in total. The lowest BCUT2D eigenvalue weighted by molar-refractivity contribution is -0.870. The topological polar surface area (TPSA) is 114 Å². The molecule has 0 aliphatic carbocycles. The number of esters is 1. The number of phosphoric ester groups is 1. The van der Waals surface area contributed by atoms with E-state index in [1.54, 1.807) is 0 Å². The Kier molecular flexibility index (Phi) is 47.2. The monoisotopic (exact) mass is 987 g/mol. The van der Waals surface area contributed by atoms with Gasteiger partial charge in [-0.25, -0.2) is 0 Å². The summed E-state index contributed by atoms with van der Waals surface area (Å²) in [6, 6.07) is -0.901. The smallest absolute Gasteiger partial charge is 0.306 e. The zero-order valence-electron chi connectivity index (χ0n) is 45.5. The molecule has 3 unspecified atom stereocenters. The first-order chi connectivity index (χ1) is 33.4. The number of nitrogens with one attached hydrogen (secondary N) is 1. The Bertz CT molecular complexity index is 1420. The molecule has 3 atom stereocenters. The van der Waals surface area contributed by atoms with Crippen LogP contribution >= 0.6 is 7.82 Å². The standard InChI is InChI=1S/C59H107N2O7P/c1-7-10-13-16-19-22-25-27-28-29-30-31-32-34-37-40-43-46-49-52-59(63)68-57(50-47-44-41-38-35-24-21-18-15-12-9-3)56(55-67-69(64,65)66-54-53-61(4,5)6)60-58(62)51-48-45-42-39-36-33-26-23-20-17-14-11-8-2/h10,13,19,22,27-28,30-31,34,37,47,50,56-57H,7-9,11-12,14-18,20-21,23-26,29,32-33,35-36,38-46,48-49,51-55H2,1-6H3,(H-,60,62,64,65)/b13-10-,22-19-,28-27-,31-30-,37-34-,50-47+. The maximum atomic E-state index is 13.4. The summed E-state index contributed by atoms with van der Waals surface area (Å²) >= 11 is 0. The highest BCUT2D eigenvalue weighted by molar-refractivity contribution is 7.45. The van der Waals surface area contributed by atoms with Gasteiger partial charge in [-0.1, -0.05) is 222 Å². The largest absolute Gasteiger partial charge is 0.756 e. The number of amides is 1. The number of carbonyl (C=O) groups is 2. The first-order valence-corrected chi connectivity index (χ1v) is 29.7. The molecule has 1 amide bonds. The lowest BCUT2D eigenvalue weighted by Gasteiger charge is -2.30. The second-order valence-electron chi connectivity index (χ2n) is 20.1. The third-order valence-corrected chi connectivity index (χ3v) is 13.1. The first kappa shape index (κ1) is 66.5. The molecule has 0 saturated heterocycles. The molecule has 0 aliphatic heterocycles. The van der Waals surface area contributed by atoms with Gasteiger partial charge in [-0.05, 0) is 76.7 Å². The van der Waals surface area contributed by atoms with Gasteiger partial charge in [0.2, 0.25) is 5.91 Å². The summed E-state index contributed by atoms with van der Waals surface area (Å²) in [4.78, 5) is 39.8. The first-order valence-electron chi connectivity index (χ1n) is 28.2. The molecule has 0 spiro atoms. The number of phosphoric acid groups is 1. The van der Waals surface area contributed by atoms with Crippen molar-refractivity contribution in [2.24, 2.45) is 0 Å². The van der Waals surface area contributed by atoms with Crippen LogP contribution in [0.1, 0.15) is 239 Å². The Balaban J connectivity index is 5.38. The fourth-order valence-corrected chi connectivity index (χ4v) is 8.51. The molecule has 0 aliphatic rings. The Morgan fingerprint density at radius 2 is 0.928 bits per heavy atom. The summed E-state index contributed by atoms with van der Waals surface area (Å²) in [5, 5.41) is 3.01. The van der Waals surface area contributed by atoms with Crippen LogP contribution < -0.4 is 10.2 Å². The van der Waals surface area contributed by atoms with E-state index in [0.717, 1.165) is 89.9 Å². The summed E-state index contributed by atoms with van der Waals surface area (Å²) in [5.74, 6) is -0.579. The van der Waals surface area contributed by atoms with Crippen molar-refractivity contribution >= 4 is 19.7 Å². The molecule has 0 rings (SSSR count). The quantitative estimate of drug-likeness (QED) is 0.0212. The highest BCUT2D eigenvalue weighted by Crippen LogP contribution is 2.38. The summed E-state index contributed by atoms with van der Waals surface area (Å²) in [7, 11) is 1.16. The van der Waals surface area contributed by atoms with E-state index in [1.807, 2.05) is 33.3 Å². The highest BCUT2D eigenvalue weighted by atomic mass is 31.2. The second-order valence-corrected chi connectivity index (χ2v) is 21.5. The Morgan fingerprint density at radius 3 is 1.41 bits per heavy atom. The van der Waals surface area contributed by atoms with E-state index in [4.69, 9.17) is 13.8 Å². The molecule has 0 fully saturated rings. The van der Waals surface area contributed by atoms with Crippen LogP contribution in [0.2, 0.25) is 0 Å². The van der Waals surface area contributed by atoms with E-state index >= 15 is 0 Å². The van der Waals surface area contributed by atoms with Crippen LogP contribution in [0.4, 0.5) is 0 Å². The average Bonchev–Trinajstić information content (AvgIpc) is 3.31. The van der Waals surface area contributed by atoms with Gasteiger partial charge in [0.15, 0.2) is 0 Å². The molecule has 0 heterocycles. The van der Waals surface area contributed by atoms with Crippen molar-refractivity contribution in [3.05, 3.63) is 72.9 Å². The van der Waals surface area contributed by atoms with E-state index in [1.165, 1.54) is 109 Å². The zero-order valence-corrected chi connectivity index (χ0v) is 46.4. The maximum Gasteiger partial charge on any atom is 0.306 e. The van der Waals surface area contributed by atoms with Crippen molar-refractivity contribution in [3.8, 4) is 0 Å². The summed E-state index contributed by atoms with van der Waals surface area (Å²) in [5.41, 5.74) is 0. The summed E-state index contributed by atoms with van der Waals surface area (Å²) in [6.07, 6.45) is 61.5. The Hall–Kier alpha value is -2.55. The number of ether oxygens (including phenoxy) is 1. The third-order valence-electron chi connectivity index (χ3n) is 12.2. The van der Waals surface area contributed by atoms with E-state index in [2.05, 4.69) is 86.8 Å². The molecule has 10 heteroatoms. The van der Waals surface area contributed by atoms with Gasteiger partial charge < -0.3 is 28.5 Å². The van der Waals surface area contributed by atoms with Gasteiger partial charge in [-0.2, -0.15) is 0 Å². The fourth-order valence-electron chi connectivity index (χ4n) is 7.78. The molecular weight excluding hydrogens is 880 g/mol. The minimum absolute atomic E-state index is 0.0293. The number of carbonyl (C=O) groups excluding carboxylic acids is 2. The third kappa shape index (κ3) is 50.2. The van der Waals surface area contributed by atoms with Gasteiger partial charge in [-0.15, -0.1) is 0 Å². The van der Waals surface area contributed by atoms with Gasteiger partial charge in [0.1, 0.15) is 19.3 Å². The van der Waals surface area contributed by atoms with Gasteiger partial charge in [0.05, 0.1) is 33.8 Å². The van der Waals surface area contributed by atoms with Gasteiger partial charge in [0.25, 0.3) is 7.82 Å². The minimum atomic E-state index is -4.70. The molecule has 9 nitrogen and oxygen atoms in total. The molecule has 0 aromatic rings. The molecule has 400 valence electrons. The number of unbranched alkanes of at least 4 members (excludes halogenated alkanes) is 24. The van der Waals surface area contributed by atoms with Crippen molar-refractivity contribution in [1.82, 2.24) is 5.32 Å². The molecule has 0 aromatic heterocycles. The molecule has 0 aromatic carbocycles. The molecule has 0 bridgehead atoms. The van der Waals surface area contributed by atoms with Crippen LogP contribution in [0.5, 0.6) is 0 Å². The van der Waals surface area contributed by atoms with Crippen molar-refractivity contribution in [2.45, 2.75) is 251 Å². The lowest BCUT2D eigenvalue weighted by atomic mass is 10.0. The number of likely N-dealkylation sites (N-methyl/N-ethyl adjacent to an activating group) is 1. The lowest BCUT2D eigenvalue weighted by Crippen LogP contribution is -2.47. The predicted octanol–water partition coefficient (Wildman–Crippen LogP) is 16.3. The van der Waals surface area contributed by atoms with E-state index < -0.39 is 26.6 Å². The Labute approximate surface area is 425 Å². The van der Waals surface area contributed by atoms with Crippen LogP contribution in [-0.4, -0.2) is 69.4 Å². The normalized spacial score (nSPS) is 14.4. The van der Waals surface area contributed by atoms with Gasteiger partial charge >= 0.3 is 5.97 Å². The van der Waals surface area contributed by atoms with E-state index in [9.17, 15) is 19.0 Å². The van der Waals surface area contributed by atoms with Crippen molar-refractivity contribution < 1.29 is 37.3 Å². The summed E-state index contributed by atoms with van der Waals surface area (Å²) in [6.45, 7) is 6.69. The molecule has 69 heavy (non-hydrogen) atoms. The Morgan fingerprint density at radius 1 is 0.522 bits per heavy atom. The van der Waals surface area contributed by atoms with E-state index in [-0.39, 0.29) is 24.9 Å². The van der Waals surface area contributed by atoms with Crippen molar-refractivity contribution in [3.63, 3.8) is 0 Å². The molecule has 0 radical (unpaired) electrons. The SMILES string of the molecule is CC/C=C\C/C=C\C/C=C\C/C=C\C/C=C\CCCCCC(=O)OC(/C=C/CCCCCCCCCCC)C(COP(=O)([O-])OCC[N+](C)(C)C)NC(=O)CCCCCCCCCCCCCCC. The zero-order chi connectivity index (χ0) is 50.8. The predicted molar refractivity (Wildman–Crippen MR) is 293 cm³/mol. The number of nitrogens with zero attached hydrogens (tertiary/aromatic N) is 1. The van der Waals surface area contributed by atoms with Crippen LogP contribution in [0, 0.1) is 0 Å². The van der Waals surface area contributed by atoms with Crippen LogP contribution in [0.25, 0.3) is 0 Å². The number of hydrogen-bond acceptors (Lipinski definition) is 7. The van der Waals surface area contributed by atoms with Crippen molar-refractivity contribution in [1.29, 1.82) is 0 Å². The summed E-state index contributed by atoms with van der Waals surface area (Å²) < 4.78 is 30.2. The molecular formula is C59H107N2O7P. The van der Waals surface area contributed by atoms with Crippen LogP contribution in [0.15, 0.2) is 72.9 Å². The second kappa shape index (κ2) is 49.0. The van der Waals surface area contributed by atoms with Crippen LogP contribution in [0.3, 0.4) is 0 Å². The number of allylic oxidation sites excluding steroid dienone is 11. The van der Waals surface area contributed by atoms with Gasteiger partial charge in [-0.3, -0.25) is 14.2 Å². The fraction of sp³-hybridized carbons (Fsp3) is 0.763. The average molecular weight is 987 g/mol. The number of quaternary nitrogens is 1. The maximum absolute atomic E-state index is 13.4. The van der Waals surface area contributed by atoms with Gasteiger partial charge in [0, 0.05) is 12.8 Å². The number of rotatable bonds is 50. The van der Waals surface area contributed by atoms with Crippen LogP contribution in [-0.2, 0) is 27.9 Å².